The van der Waals surface area contributed by atoms with Gasteiger partial charge >= 0.3 is 5.97 Å². The van der Waals surface area contributed by atoms with E-state index in [1.807, 2.05) is 6.07 Å². The minimum Gasteiger partial charge on any atom is -0.478 e. The van der Waals surface area contributed by atoms with Crippen LogP contribution in [0.25, 0.3) is 23.1 Å². The minimum absolute atomic E-state index is 0.117. The standard InChI is InChI=1S/C18H11BrO4/c19-13-6-8-17-15(9-13)16(20)10-14(23-17)7-3-11-1-4-12(5-2-11)18(21)22/h1-10H,(H,21,22)/b7-3+. The molecule has 0 radical (unpaired) electrons. The summed E-state index contributed by atoms with van der Waals surface area (Å²) in [5.41, 5.74) is 1.44. The summed E-state index contributed by atoms with van der Waals surface area (Å²) in [4.78, 5) is 22.9. The first-order chi connectivity index (χ1) is 11.0. The van der Waals surface area contributed by atoms with Crippen LogP contribution >= 0.6 is 15.9 Å². The highest BCUT2D eigenvalue weighted by molar-refractivity contribution is 9.10. The largest absolute Gasteiger partial charge is 0.478 e. The van der Waals surface area contributed by atoms with Gasteiger partial charge in [-0.15, -0.1) is 0 Å². The summed E-state index contributed by atoms with van der Waals surface area (Å²) >= 11 is 3.33. The summed E-state index contributed by atoms with van der Waals surface area (Å²) < 4.78 is 6.50. The van der Waals surface area contributed by atoms with Gasteiger partial charge < -0.3 is 9.52 Å². The third-order valence-corrected chi connectivity index (χ3v) is 3.80. The molecule has 0 unspecified atom stereocenters. The Morgan fingerprint density at radius 1 is 1.04 bits per heavy atom. The third-order valence-electron chi connectivity index (χ3n) is 3.31. The van der Waals surface area contributed by atoms with Gasteiger partial charge in [0.1, 0.15) is 11.3 Å². The first-order valence-electron chi connectivity index (χ1n) is 6.78. The number of hydrogen-bond donors (Lipinski definition) is 1. The fraction of sp³-hybridized carbons (Fsp3) is 0. The highest BCUT2D eigenvalue weighted by atomic mass is 79.9. The number of halogens is 1. The molecule has 0 saturated carbocycles. The van der Waals surface area contributed by atoms with Gasteiger partial charge in [0, 0.05) is 10.5 Å². The molecule has 0 fully saturated rings. The first-order valence-corrected chi connectivity index (χ1v) is 7.57. The number of aromatic carboxylic acids is 1. The maximum atomic E-state index is 12.1. The van der Waals surface area contributed by atoms with Gasteiger partial charge in [0.15, 0.2) is 5.43 Å². The molecule has 0 amide bonds. The molecule has 0 spiro atoms. The Balaban J connectivity index is 1.93. The van der Waals surface area contributed by atoms with Crippen molar-refractivity contribution >= 4 is 45.0 Å². The molecule has 1 N–H and O–H groups in total. The summed E-state index contributed by atoms with van der Waals surface area (Å²) in [5, 5.41) is 9.38. The monoisotopic (exact) mass is 370 g/mol. The average molecular weight is 371 g/mol. The second-order valence-electron chi connectivity index (χ2n) is 4.91. The zero-order chi connectivity index (χ0) is 16.4. The Morgan fingerprint density at radius 3 is 2.48 bits per heavy atom. The van der Waals surface area contributed by atoms with Gasteiger partial charge in [-0.1, -0.05) is 34.1 Å². The van der Waals surface area contributed by atoms with Gasteiger partial charge in [0.2, 0.25) is 0 Å². The van der Waals surface area contributed by atoms with Gasteiger partial charge in [-0.05, 0) is 42.0 Å². The van der Waals surface area contributed by atoms with Crippen LogP contribution in [0.1, 0.15) is 21.7 Å². The highest BCUT2D eigenvalue weighted by Gasteiger charge is 2.04. The molecule has 1 aromatic heterocycles. The van der Waals surface area contributed by atoms with Crippen molar-refractivity contribution in [2.24, 2.45) is 0 Å². The van der Waals surface area contributed by atoms with Crippen LogP contribution in [0.5, 0.6) is 0 Å². The van der Waals surface area contributed by atoms with Crippen molar-refractivity contribution in [3.8, 4) is 0 Å². The Kier molecular flexibility index (Phi) is 4.12. The van der Waals surface area contributed by atoms with E-state index in [1.54, 1.807) is 36.4 Å². The molecule has 2 aromatic carbocycles. The second kappa shape index (κ2) is 6.22. The maximum Gasteiger partial charge on any atom is 0.335 e. The lowest BCUT2D eigenvalue weighted by Gasteiger charge is -2.00. The Labute approximate surface area is 139 Å². The van der Waals surface area contributed by atoms with E-state index in [-0.39, 0.29) is 11.0 Å². The molecule has 5 heteroatoms. The van der Waals surface area contributed by atoms with Crippen LogP contribution in [-0.4, -0.2) is 11.1 Å². The Morgan fingerprint density at radius 2 is 1.78 bits per heavy atom. The molecule has 23 heavy (non-hydrogen) atoms. The highest BCUT2D eigenvalue weighted by Crippen LogP contribution is 2.19. The lowest BCUT2D eigenvalue weighted by Crippen LogP contribution is -2.00. The molecule has 114 valence electrons. The number of benzene rings is 2. The van der Waals surface area contributed by atoms with Gasteiger partial charge in [-0.25, -0.2) is 4.79 Å². The van der Waals surface area contributed by atoms with Gasteiger partial charge in [-0.3, -0.25) is 4.79 Å². The Bertz CT molecular complexity index is 968. The summed E-state index contributed by atoms with van der Waals surface area (Å²) in [7, 11) is 0. The van der Waals surface area contributed by atoms with Crippen molar-refractivity contribution in [1.82, 2.24) is 0 Å². The van der Waals surface area contributed by atoms with Crippen LogP contribution < -0.4 is 5.43 Å². The lowest BCUT2D eigenvalue weighted by molar-refractivity contribution is 0.0697. The van der Waals surface area contributed by atoms with Crippen molar-refractivity contribution in [2.75, 3.05) is 0 Å². The molecular weight excluding hydrogens is 360 g/mol. The molecule has 0 saturated heterocycles. The van der Waals surface area contributed by atoms with Crippen molar-refractivity contribution in [1.29, 1.82) is 0 Å². The van der Waals surface area contributed by atoms with Crippen LogP contribution in [0.3, 0.4) is 0 Å². The zero-order valence-corrected chi connectivity index (χ0v) is 13.4. The fourth-order valence-electron chi connectivity index (χ4n) is 2.14. The molecule has 0 aliphatic carbocycles. The van der Waals surface area contributed by atoms with E-state index in [2.05, 4.69) is 15.9 Å². The van der Waals surface area contributed by atoms with Crippen molar-refractivity contribution < 1.29 is 14.3 Å². The van der Waals surface area contributed by atoms with Crippen LogP contribution in [0.4, 0.5) is 0 Å². The summed E-state index contributed by atoms with van der Waals surface area (Å²) in [6.45, 7) is 0. The van der Waals surface area contributed by atoms with Crippen LogP contribution in [-0.2, 0) is 0 Å². The second-order valence-corrected chi connectivity index (χ2v) is 5.83. The first kappa shape index (κ1) is 15.2. The molecule has 3 rings (SSSR count). The number of hydrogen-bond acceptors (Lipinski definition) is 3. The quantitative estimate of drug-likeness (QED) is 0.740. The van der Waals surface area contributed by atoms with Crippen LogP contribution in [0, 0.1) is 0 Å². The molecule has 1 heterocycles. The van der Waals surface area contributed by atoms with Crippen molar-refractivity contribution in [3.05, 3.63) is 80.1 Å². The molecule has 0 aliphatic rings. The number of fused-ring (bicyclic) bond motifs is 1. The maximum absolute atomic E-state index is 12.1. The smallest absolute Gasteiger partial charge is 0.335 e. The van der Waals surface area contributed by atoms with Crippen LogP contribution in [0.15, 0.2) is 62.2 Å². The average Bonchev–Trinajstić information content (AvgIpc) is 2.54. The number of carboxylic acids is 1. The molecule has 0 aliphatic heterocycles. The molecule has 0 atom stereocenters. The molecular formula is C18H11BrO4. The number of carboxylic acid groups (broad SMARTS) is 1. The topological polar surface area (TPSA) is 67.5 Å². The Hall–Kier alpha value is -2.66. The van der Waals surface area contributed by atoms with E-state index in [9.17, 15) is 9.59 Å². The van der Waals surface area contributed by atoms with E-state index in [0.29, 0.717) is 16.7 Å². The number of carbonyl (C=O) groups is 1. The van der Waals surface area contributed by atoms with Gasteiger partial charge in [0.25, 0.3) is 0 Å². The fourth-order valence-corrected chi connectivity index (χ4v) is 2.51. The predicted octanol–water partition coefficient (Wildman–Crippen LogP) is 4.42. The normalized spacial score (nSPS) is 11.2. The molecule has 3 aromatic rings. The predicted molar refractivity (Wildman–Crippen MR) is 92.5 cm³/mol. The number of rotatable bonds is 3. The van der Waals surface area contributed by atoms with Crippen molar-refractivity contribution in [2.45, 2.75) is 0 Å². The van der Waals surface area contributed by atoms with E-state index in [4.69, 9.17) is 9.52 Å². The SMILES string of the molecule is O=C(O)c1ccc(/C=C/c2cc(=O)c3cc(Br)ccc3o2)cc1. The third kappa shape index (κ3) is 3.40. The van der Waals surface area contributed by atoms with E-state index in [1.165, 1.54) is 18.2 Å². The minimum atomic E-state index is -0.966. The summed E-state index contributed by atoms with van der Waals surface area (Å²) in [6.07, 6.45) is 3.44. The molecule has 0 bridgehead atoms. The van der Waals surface area contributed by atoms with Crippen LogP contribution in [0.2, 0.25) is 0 Å². The van der Waals surface area contributed by atoms with E-state index in [0.717, 1.165) is 10.0 Å². The van der Waals surface area contributed by atoms with E-state index >= 15 is 0 Å². The van der Waals surface area contributed by atoms with E-state index < -0.39 is 5.97 Å². The van der Waals surface area contributed by atoms with Gasteiger partial charge in [-0.2, -0.15) is 0 Å². The van der Waals surface area contributed by atoms with Gasteiger partial charge in [0.05, 0.1) is 10.9 Å². The zero-order valence-electron chi connectivity index (χ0n) is 11.8. The summed E-state index contributed by atoms with van der Waals surface area (Å²) in [5.74, 6) is -0.528. The molecule has 4 nitrogen and oxygen atoms in total. The van der Waals surface area contributed by atoms with Crippen molar-refractivity contribution in [3.63, 3.8) is 0 Å². The summed E-state index contributed by atoms with van der Waals surface area (Å²) in [6, 6.07) is 13.1. The lowest BCUT2D eigenvalue weighted by atomic mass is 10.1.